The third kappa shape index (κ3) is 42.0. The van der Waals surface area contributed by atoms with E-state index in [1.807, 2.05) is 0 Å². The summed E-state index contributed by atoms with van der Waals surface area (Å²) in [5.41, 5.74) is 0. The Labute approximate surface area is 371 Å². The molecule has 0 heterocycles. The van der Waals surface area contributed by atoms with Gasteiger partial charge in [-0.15, -0.1) is 0 Å². The van der Waals surface area contributed by atoms with Gasteiger partial charge in [-0.25, -0.2) is 0 Å². The number of aliphatic hydroxyl groups excluding tert-OH is 2. The van der Waals surface area contributed by atoms with Crippen molar-refractivity contribution in [1.29, 1.82) is 0 Å². The van der Waals surface area contributed by atoms with Crippen LogP contribution in [0.2, 0.25) is 0 Å². The highest BCUT2D eigenvalue weighted by molar-refractivity contribution is 5.77. The first-order valence-corrected chi connectivity index (χ1v) is 25.2. The molecule has 3 unspecified atom stereocenters. The third-order valence-corrected chi connectivity index (χ3v) is 11.1. The van der Waals surface area contributed by atoms with Crippen LogP contribution in [0.5, 0.6) is 0 Å². The van der Waals surface area contributed by atoms with Crippen molar-refractivity contribution in [2.24, 2.45) is 0 Å². The summed E-state index contributed by atoms with van der Waals surface area (Å²) in [5, 5.41) is 23.7. The van der Waals surface area contributed by atoms with Gasteiger partial charge >= 0.3 is 5.97 Å². The van der Waals surface area contributed by atoms with Gasteiger partial charge < -0.3 is 20.3 Å². The molecule has 1 amide bonds. The van der Waals surface area contributed by atoms with Gasteiger partial charge in [0.15, 0.2) is 0 Å². The molecule has 0 aliphatic heterocycles. The third-order valence-electron chi connectivity index (χ3n) is 11.1. The first kappa shape index (κ1) is 57.3. The summed E-state index contributed by atoms with van der Waals surface area (Å²) in [6.07, 6.45) is 59.6. The van der Waals surface area contributed by atoms with Crippen LogP contribution in [-0.2, 0) is 14.3 Å². The van der Waals surface area contributed by atoms with E-state index in [1.165, 1.54) is 89.9 Å². The predicted octanol–water partition coefficient (Wildman–Crippen LogP) is 15.0. The second-order valence-electron chi connectivity index (χ2n) is 16.9. The zero-order valence-corrected chi connectivity index (χ0v) is 39.3. The number of hydrogen-bond donors (Lipinski definition) is 3. The predicted molar refractivity (Wildman–Crippen MR) is 259 cm³/mol. The minimum atomic E-state index is -0.804. The Kier molecular flexibility index (Phi) is 45.2. The second-order valence-corrected chi connectivity index (χ2v) is 16.9. The van der Waals surface area contributed by atoms with E-state index < -0.39 is 18.2 Å². The van der Waals surface area contributed by atoms with Crippen LogP contribution in [0.15, 0.2) is 72.9 Å². The molecule has 0 saturated heterocycles. The molecule has 3 N–H and O–H groups in total. The lowest BCUT2D eigenvalue weighted by atomic mass is 10.0. The Morgan fingerprint density at radius 1 is 0.517 bits per heavy atom. The standard InChI is InChI=1S/C54H95NO5/c1-4-7-10-13-16-19-22-25-26-29-30-33-36-39-42-45-50(60-54(59)47-44-41-38-35-32-28-24-21-18-15-12-9-6-3)48-53(58)55-51(49-56)52(57)46-43-40-37-34-31-27-23-20-17-14-11-8-5-2/h9,12,15-16,18-19,21,24-26,30,33,50-52,56-57H,4-8,10-11,13-14,17,20,22-23,27-29,31-32,34-49H2,1-3H3,(H,55,58)/b12-9+,18-15+,19-16-,24-21-,26-25-,33-30-. The number of ether oxygens (including phenoxy) is 1. The minimum absolute atomic E-state index is 0.0407. The molecule has 0 spiro atoms. The van der Waals surface area contributed by atoms with Gasteiger partial charge in [0.2, 0.25) is 5.91 Å². The molecule has 0 aliphatic carbocycles. The molecule has 0 aromatic carbocycles. The molecule has 0 radical (unpaired) electrons. The number of rotatable bonds is 44. The van der Waals surface area contributed by atoms with Crippen LogP contribution in [-0.4, -0.2) is 46.9 Å². The topological polar surface area (TPSA) is 95.9 Å². The van der Waals surface area contributed by atoms with Crippen LogP contribution >= 0.6 is 0 Å². The van der Waals surface area contributed by atoms with Crippen molar-refractivity contribution >= 4 is 11.9 Å². The lowest BCUT2D eigenvalue weighted by Gasteiger charge is -2.24. The minimum Gasteiger partial charge on any atom is -0.462 e. The molecule has 6 nitrogen and oxygen atoms in total. The van der Waals surface area contributed by atoms with Gasteiger partial charge in [-0.1, -0.05) is 209 Å². The summed E-state index contributed by atoms with van der Waals surface area (Å²) in [7, 11) is 0. The van der Waals surface area contributed by atoms with Gasteiger partial charge in [0.25, 0.3) is 0 Å². The van der Waals surface area contributed by atoms with E-state index >= 15 is 0 Å². The lowest BCUT2D eigenvalue weighted by Crippen LogP contribution is -2.46. The summed E-state index contributed by atoms with van der Waals surface area (Å²) in [4.78, 5) is 26.1. The summed E-state index contributed by atoms with van der Waals surface area (Å²) in [5.74, 6) is -0.538. The van der Waals surface area contributed by atoms with Crippen molar-refractivity contribution < 1.29 is 24.5 Å². The van der Waals surface area contributed by atoms with Gasteiger partial charge in [-0.3, -0.25) is 9.59 Å². The van der Waals surface area contributed by atoms with Crippen LogP contribution in [0.4, 0.5) is 0 Å². The van der Waals surface area contributed by atoms with Crippen molar-refractivity contribution in [3.8, 4) is 0 Å². The van der Waals surface area contributed by atoms with E-state index in [0.717, 1.165) is 96.3 Å². The summed E-state index contributed by atoms with van der Waals surface area (Å²) >= 11 is 0. The molecule has 0 aromatic heterocycles. The maximum Gasteiger partial charge on any atom is 0.306 e. The van der Waals surface area contributed by atoms with Crippen LogP contribution in [0.25, 0.3) is 0 Å². The molecule has 0 aliphatic rings. The van der Waals surface area contributed by atoms with Crippen molar-refractivity contribution in [1.82, 2.24) is 5.32 Å². The highest BCUT2D eigenvalue weighted by Crippen LogP contribution is 2.17. The summed E-state index contributed by atoms with van der Waals surface area (Å²) < 4.78 is 5.90. The second kappa shape index (κ2) is 47.4. The first-order chi connectivity index (χ1) is 29.5. The van der Waals surface area contributed by atoms with E-state index in [2.05, 4.69) is 99.0 Å². The van der Waals surface area contributed by atoms with Crippen molar-refractivity contribution in [3.63, 3.8) is 0 Å². The quantitative estimate of drug-likeness (QED) is 0.0246. The highest BCUT2D eigenvalue weighted by Gasteiger charge is 2.24. The monoisotopic (exact) mass is 838 g/mol. The lowest BCUT2D eigenvalue weighted by molar-refractivity contribution is -0.151. The molecule has 0 fully saturated rings. The van der Waals surface area contributed by atoms with Gasteiger partial charge in [0.05, 0.1) is 25.2 Å². The fourth-order valence-corrected chi connectivity index (χ4v) is 7.26. The molecule has 6 heteroatoms. The number of aliphatic hydroxyl groups is 2. The molecule has 60 heavy (non-hydrogen) atoms. The molecular weight excluding hydrogens is 743 g/mol. The Hall–Kier alpha value is -2.70. The van der Waals surface area contributed by atoms with Gasteiger partial charge in [0, 0.05) is 6.42 Å². The molecule has 346 valence electrons. The Balaban J connectivity index is 4.70. The first-order valence-electron chi connectivity index (χ1n) is 25.2. The number of hydrogen-bond acceptors (Lipinski definition) is 5. The smallest absolute Gasteiger partial charge is 0.306 e. The maximum atomic E-state index is 13.2. The number of amides is 1. The zero-order valence-electron chi connectivity index (χ0n) is 39.3. The van der Waals surface area contributed by atoms with Crippen LogP contribution in [0.1, 0.15) is 233 Å². The SMILES string of the molecule is CC/C=C/C=C/C=C\CCCCCCCC(=O)OC(CCCC/C=C\C/C=C\C/C=C\CCCCC)CC(=O)NC(CO)C(O)CCCCCCCCCCCCCCC. The van der Waals surface area contributed by atoms with Crippen molar-refractivity contribution in [2.75, 3.05) is 6.61 Å². The van der Waals surface area contributed by atoms with E-state index in [1.54, 1.807) is 0 Å². The Morgan fingerprint density at radius 2 is 0.967 bits per heavy atom. The fourth-order valence-electron chi connectivity index (χ4n) is 7.26. The number of unbranched alkanes of at least 4 members (excludes halogenated alkanes) is 22. The Bertz CT molecular complexity index is 1120. The molecule has 3 atom stereocenters. The number of esters is 1. The van der Waals surface area contributed by atoms with E-state index in [-0.39, 0.29) is 24.9 Å². The largest absolute Gasteiger partial charge is 0.462 e. The molecule has 0 aromatic rings. The fraction of sp³-hybridized carbons (Fsp3) is 0.741. The zero-order chi connectivity index (χ0) is 43.8. The maximum absolute atomic E-state index is 13.2. The Morgan fingerprint density at radius 3 is 1.55 bits per heavy atom. The highest BCUT2D eigenvalue weighted by atomic mass is 16.5. The number of nitrogens with one attached hydrogen (secondary N) is 1. The number of allylic oxidation sites excluding steroid dienone is 12. The average Bonchev–Trinajstić information content (AvgIpc) is 3.24. The van der Waals surface area contributed by atoms with E-state index in [9.17, 15) is 19.8 Å². The normalized spacial score (nSPS) is 13.9. The molecule has 0 rings (SSSR count). The van der Waals surface area contributed by atoms with Crippen molar-refractivity contribution in [3.05, 3.63) is 72.9 Å². The van der Waals surface area contributed by atoms with Gasteiger partial charge in [-0.05, 0) is 83.5 Å². The van der Waals surface area contributed by atoms with Crippen molar-refractivity contribution in [2.45, 2.75) is 251 Å². The molecule has 0 bridgehead atoms. The summed E-state index contributed by atoms with van der Waals surface area (Å²) in [6.45, 7) is 6.30. The van der Waals surface area contributed by atoms with Crippen LogP contribution < -0.4 is 5.32 Å². The van der Waals surface area contributed by atoms with Crippen LogP contribution in [0, 0.1) is 0 Å². The number of carbonyl (C=O) groups excluding carboxylic acids is 2. The molecule has 0 saturated carbocycles. The van der Waals surface area contributed by atoms with E-state index in [0.29, 0.717) is 19.3 Å². The van der Waals surface area contributed by atoms with E-state index in [4.69, 9.17) is 4.74 Å². The summed E-state index contributed by atoms with van der Waals surface area (Å²) in [6, 6.07) is -0.720. The molecular formula is C54H95NO5. The van der Waals surface area contributed by atoms with Gasteiger partial charge in [0.1, 0.15) is 6.10 Å². The number of carbonyl (C=O) groups is 2. The van der Waals surface area contributed by atoms with Crippen LogP contribution in [0.3, 0.4) is 0 Å². The average molecular weight is 838 g/mol. The van der Waals surface area contributed by atoms with Gasteiger partial charge in [-0.2, -0.15) is 0 Å².